The highest BCUT2D eigenvalue weighted by Gasteiger charge is 2.25. The third kappa shape index (κ3) is 2.42. The molecule has 0 radical (unpaired) electrons. The van der Waals surface area contributed by atoms with E-state index in [4.69, 9.17) is 9.47 Å². The zero-order valence-electron chi connectivity index (χ0n) is 13.4. The molecule has 1 N–H and O–H groups in total. The Balaban J connectivity index is 1.60. The first-order chi connectivity index (χ1) is 12.4. The SMILES string of the molecule is C1=C(c2ccccc2)Nc2ncnn2C1c1ccc2c(c1)OCCO2. The first-order valence-corrected chi connectivity index (χ1v) is 8.22. The van der Waals surface area contributed by atoms with Gasteiger partial charge in [0.1, 0.15) is 25.6 Å². The first kappa shape index (κ1) is 14.1. The average molecular weight is 332 g/mol. The maximum absolute atomic E-state index is 5.73. The molecule has 0 spiro atoms. The Morgan fingerprint density at radius 1 is 1.00 bits per heavy atom. The van der Waals surface area contributed by atoms with Gasteiger partial charge in [-0.3, -0.25) is 0 Å². The number of hydrogen-bond donors (Lipinski definition) is 1. The van der Waals surface area contributed by atoms with Crippen LogP contribution in [0.2, 0.25) is 0 Å². The molecule has 0 amide bonds. The van der Waals surface area contributed by atoms with Crippen LogP contribution in [0.1, 0.15) is 17.2 Å². The predicted molar refractivity (Wildman–Crippen MR) is 93.6 cm³/mol. The van der Waals surface area contributed by atoms with Gasteiger partial charge in [0.15, 0.2) is 11.5 Å². The Morgan fingerprint density at radius 2 is 1.84 bits per heavy atom. The predicted octanol–water partition coefficient (Wildman–Crippen LogP) is 3.11. The maximum atomic E-state index is 5.73. The van der Waals surface area contributed by atoms with Crippen molar-refractivity contribution in [1.82, 2.24) is 14.8 Å². The first-order valence-electron chi connectivity index (χ1n) is 8.22. The summed E-state index contributed by atoms with van der Waals surface area (Å²) in [5, 5.41) is 7.73. The molecule has 0 saturated heterocycles. The van der Waals surface area contributed by atoms with Gasteiger partial charge in [0.25, 0.3) is 0 Å². The van der Waals surface area contributed by atoms with Crippen molar-refractivity contribution in [2.24, 2.45) is 0 Å². The van der Waals surface area contributed by atoms with Gasteiger partial charge in [0.2, 0.25) is 5.95 Å². The smallest absolute Gasteiger partial charge is 0.226 e. The van der Waals surface area contributed by atoms with Crippen LogP contribution in [0.3, 0.4) is 0 Å². The number of nitrogens with zero attached hydrogens (tertiary/aromatic N) is 3. The Kier molecular flexibility index (Phi) is 3.19. The van der Waals surface area contributed by atoms with Crippen LogP contribution >= 0.6 is 0 Å². The lowest BCUT2D eigenvalue weighted by Gasteiger charge is -2.26. The molecule has 1 atom stereocenters. The normalized spacial score (nSPS) is 18.1. The zero-order chi connectivity index (χ0) is 16.6. The monoisotopic (exact) mass is 332 g/mol. The van der Waals surface area contributed by atoms with Crippen LogP contribution in [-0.2, 0) is 0 Å². The Hall–Kier alpha value is -3.28. The molecule has 0 fully saturated rings. The summed E-state index contributed by atoms with van der Waals surface area (Å²) in [6.07, 6.45) is 3.72. The number of anilines is 1. The van der Waals surface area contributed by atoms with Crippen LogP contribution in [-0.4, -0.2) is 28.0 Å². The van der Waals surface area contributed by atoms with Gasteiger partial charge >= 0.3 is 0 Å². The molecule has 5 rings (SSSR count). The van der Waals surface area contributed by atoms with Gasteiger partial charge < -0.3 is 14.8 Å². The van der Waals surface area contributed by atoms with E-state index >= 15 is 0 Å². The van der Waals surface area contributed by atoms with Crippen molar-refractivity contribution >= 4 is 11.6 Å². The fourth-order valence-corrected chi connectivity index (χ4v) is 3.20. The molecule has 0 aliphatic carbocycles. The molecule has 6 nitrogen and oxygen atoms in total. The largest absolute Gasteiger partial charge is 0.486 e. The van der Waals surface area contributed by atoms with E-state index in [0.29, 0.717) is 13.2 Å². The molecule has 2 aliphatic heterocycles. The van der Waals surface area contributed by atoms with Gasteiger partial charge in [-0.1, -0.05) is 36.4 Å². The maximum Gasteiger partial charge on any atom is 0.226 e. The Bertz CT molecular complexity index is 949. The summed E-state index contributed by atoms with van der Waals surface area (Å²) in [4.78, 5) is 4.34. The Labute approximate surface area is 144 Å². The van der Waals surface area contributed by atoms with Crippen LogP contribution in [0.25, 0.3) is 5.70 Å². The summed E-state index contributed by atoms with van der Waals surface area (Å²) in [6, 6.07) is 16.2. The molecule has 1 aromatic heterocycles. The quantitative estimate of drug-likeness (QED) is 0.781. The minimum absolute atomic E-state index is 0.0650. The van der Waals surface area contributed by atoms with E-state index < -0.39 is 0 Å². The van der Waals surface area contributed by atoms with Crippen molar-refractivity contribution in [2.75, 3.05) is 18.5 Å². The molecule has 3 aromatic rings. The molecular formula is C19H16N4O2. The molecule has 1 unspecified atom stereocenters. The number of fused-ring (bicyclic) bond motifs is 2. The third-order valence-electron chi connectivity index (χ3n) is 4.40. The van der Waals surface area contributed by atoms with Gasteiger partial charge in [-0.25, -0.2) is 4.68 Å². The Morgan fingerprint density at radius 3 is 2.72 bits per heavy atom. The number of ether oxygens (including phenoxy) is 2. The van der Waals surface area contributed by atoms with Crippen LogP contribution in [0.4, 0.5) is 5.95 Å². The summed E-state index contributed by atoms with van der Waals surface area (Å²) in [7, 11) is 0. The average Bonchev–Trinajstić information content (AvgIpc) is 3.16. The van der Waals surface area contributed by atoms with Crippen LogP contribution in [0, 0.1) is 0 Å². The summed E-state index contributed by atoms with van der Waals surface area (Å²) in [6.45, 7) is 1.16. The van der Waals surface area contributed by atoms with Gasteiger partial charge in [-0.05, 0) is 29.3 Å². The summed E-state index contributed by atoms with van der Waals surface area (Å²) >= 11 is 0. The molecule has 3 heterocycles. The minimum atomic E-state index is -0.0650. The van der Waals surface area contributed by atoms with E-state index in [1.54, 1.807) is 6.33 Å². The molecule has 124 valence electrons. The summed E-state index contributed by atoms with van der Waals surface area (Å²) in [5.74, 6) is 2.29. The highest BCUT2D eigenvalue weighted by molar-refractivity contribution is 5.77. The van der Waals surface area contributed by atoms with Crippen LogP contribution in [0.15, 0.2) is 60.9 Å². The number of nitrogens with one attached hydrogen (secondary N) is 1. The fraction of sp³-hybridized carbons (Fsp3) is 0.158. The molecule has 6 heteroatoms. The second-order valence-corrected chi connectivity index (χ2v) is 5.95. The van der Waals surface area contributed by atoms with E-state index in [1.807, 2.05) is 41.1 Å². The lowest BCUT2D eigenvalue weighted by atomic mass is 10.0. The molecular weight excluding hydrogens is 316 g/mol. The number of rotatable bonds is 2. The second-order valence-electron chi connectivity index (χ2n) is 5.95. The molecule has 0 saturated carbocycles. The van der Waals surface area contributed by atoms with Crippen LogP contribution in [0.5, 0.6) is 11.5 Å². The topological polar surface area (TPSA) is 61.2 Å². The lowest BCUT2D eigenvalue weighted by Crippen LogP contribution is -2.21. The molecule has 2 aromatic carbocycles. The van der Waals surface area contributed by atoms with E-state index in [-0.39, 0.29) is 6.04 Å². The third-order valence-corrected chi connectivity index (χ3v) is 4.40. The summed E-state index contributed by atoms with van der Waals surface area (Å²) in [5.41, 5.74) is 3.20. The van der Waals surface area contributed by atoms with E-state index in [1.165, 1.54) is 0 Å². The zero-order valence-corrected chi connectivity index (χ0v) is 13.4. The van der Waals surface area contributed by atoms with E-state index in [0.717, 1.165) is 34.3 Å². The van der Waals surface area contributed by atoms with Crippen molar-refractivity contribution < 1.29 is 9.47 Å². The minimum Gasteiger partial charge on any atom is -0.486 e. The van der Waals surface area contributed by atoms with Crippen molar-refractivity contribution in [3.8, 4) is 11.5 Å². The standard InChI is InChI=1S/C19H16N4O2/c1-2-4-13(5-3-1)15-11-16(23-19(22-15)20-12-21-23)14-6-7-17-18(10-14)25-9-8-24-17/h1-7,10-12,16H,8-9H2,(H,20,21,22). The number of aromatic nitrogens is 3. The number of allylic oxidation sites excluding steroid dienone is 1. The highest BCUT2D eigenvalue weighted by atomic mass is 16.6. The van der Waals surface area contributed by atoms with E-state index in [9.17, 15) is 0 Å². The second kappa shape index (κ2) is 5.66. The van der Waals surface area contributed by atoms with E-state index in [2.05, 4.69) is 33.6 Å². The lowest BCUT2D eigenvalue weighted by molar-refractivity contribution is 0.171. The van der Waals surface area contributed by atoms with Gasteiger partial charge in [-0.2, -0.15) is 10.1 Å². The van der Waals surface area contributed by atoms with Gasteiger partial charge in [-0.15, -0.1) is 0 Å². The fourth-order valence-electron chi connectivity index (χ4n) is 3.20. The van der Waals surface area contributed by atoms with Crippen molar-refractivity contribution in [1.29, 1.82) is 0 Å². The number of benzene rings is 2. The van der Waals surface area contributed by atoms with Crippen molar-refractivity contribution in [2.45, 2.75) is 6.04 Å². The van der Waals surface area contributed by atoms with Gasteiger partial charge in [0.05, 0.1) is 0 Å². The molecule has 2 aliphatic rings. The van der Waals surface area contributed by atoms with Gasteiger partial charge in [0, 0.05) is 5.70 Å². The molecule has 25 heavy (non-hydrogen) atoms. The highest BCUT2D eigenvalue weighted by Crippen LogP contribution is 2.37. The number of hydrogen-bond acceptors (Lipinski definition) is 5. The van der Waals surface area contributed by atoms with Crippen molar-refractivity contribution in [3.05, 3.63) is 72.1 Å². The van der Waals surface area contributed by atoms with Crippen LogP contribution < -0.4 is 14.8 Å². The van der Waals surface area contributed by atoms with Crippen molar-refractivity contribution in [3.63, 3.8) is 0 Å². The summed E-state index contributed by atoms with van der Waals surface area (Å²) < 4.78 is 13.2. The molecule has 0 bridgehead atoms.